The highest BCUT2D eigenvalue weighted by atomic mass is 32.2. The molecular formula is C28H32FN3O4S. The number of amides is 2. The van der Waals surface area contributed by atoms with Gasteiger partial charge in [0.1, 0.15) is 18.4 Å². The molecule has 0 fully saturated rings. The van der Waals surface area contributed by atoms with E-state index >= 15 is 0 Å². The molecule has 0 aromatic heterocycles. The lowest BCUT2D eigenvalue weighted by molar-refractivity contribution is -0.140. The Labute approximate surface area is 218 Å². The van der Waals surface area contributed by atoms with Crippen LogP contribution in [0.4, 0.5) is 10.1 Å². The van der Waals surface area contributed by atoms with Crippen LogP contribution in [0.25, 0.3) is 0 Å². The molecule has 3 aromatic carbocycles. The van der Waals surface area contributed by atoms with Crippen LogP contribution in [0.15, 0.2) is 78.9 Å². The van der Waals surface area contributed by atoms with Gasteiger partial charge in [-0.2, -0.15) is 0 Å². The second kappa shape index (κ2) is 12.5. The summed E-state index contributed by atoms with van der Waals surface area (Å²) in [6, 6.07) is 20.9. The lowest BCUT2D eigenvalue weighted by Crippen LogP contribution is -2.53. The second-order valence-electron chi connectivity index (χ2n) is 8.86. The Morgan fingerprint density at radius 3 is 2.19 bits per heavy atom. The molecule has 0 radical (unpaired) electrons. The number of carbonyl (C=O) groups is 2. The zero-order chi connectivity index (χ0) is 27.0. The molecule has 9 heteroatoms. The van der Waals surface area contributed by atoms with Gasteiger partial charge in [0.15, 0.2) is 0 Å². The standard InChI is InChI=1S/C28H32FN3O4S/c1-4-30-28(34)26(18-22-10-6-5-7-11-22)31(19-23-12-8-9-21(2)17-23)27(33)20-32(37(3,35)36)25-15-13-24(29)14-16-25/h5-17,26H,4,18-20H2,1-3H3,(H,30,34)/t26-/m0/s1. The third kappa shape index (κ3) is 7.88. The number of nitrogens with one attached hydrogen (secondary N) is 1. The average molecular weight is 526 g/mol. The Morgan fingerprint density at radius 1 is 0.946 bits per heavy atom. The average Bonchev–Trinajstić information content (AvgIpc) is 2.85. The van der Waals surface area contributed by atoms with Crippen molar-refractivity contribution in [2.75, 3.05) is 23.7 Å². The number of hydrogen-bond donors (Lipinski definition) is 1. The molecule has 0 unspecified atom stereocenters. The molecule has 0 heterocycles. The third-order valence-corrected chi connectivity index (χ3v) is 6.99. The van der Waals surface area contributed by atoms with Gasteiger partial charge in [0.05, 0.1) is 11.9 Å². The van der Waals surface area contributed by atoms with E-state index in [-0.39, 0.29) is 24.6 Å². The first kappa shape index (κ1) is 27.9. The summed E-state index contributed by atoms with van der Waals surface area (Å²) in [5.41, 5.74) is 2.82. The number of nitrogens with zero attached hydrogens (tertiary/aromatic N) is 2. The smallest absolute Gasteiger partial charge is 0.244 e. The van der Waals surface area contributed by atoms with E-state index in [0.29, 0.717) is 6.54 Å². The van der Waals surface area contributed by atoms with Crippen LogP contribution in [0, 0.1) is 12.7 Å². The summed E-state index contributed by atoms with van der Waals surface area (Å²) < 4.78 is 39.7. The number of rotatable bonds is 11. The van der Waals surface area contributed by atoms with Gasteiger partial charge >= 0.3 is 0 Å². The summed E-state index contributed by atoms with van der Waals surface area (Å²) >= 11 is 0. The van der Waals surface area contributed by atoms with Gasteiger partial charge in [-0.15, -0.1) is 0 Å². The fraction of sp³-hybridized carbons (Fsp3) is 0.286. The minimum atomic E-state index is -3.89. The van der Waals surface area contributed by atoms with Crippen molar-refractivity contribution in [2.45, 2.75) is 32.9 Å². The van der Waals surface area contributed by atoms with Crippen LogP contribution in [0.3, 0.4) is 0 Å². The van der Waals surface area contributed by atoms with Crippen LogP contribution in [-0.4, -0.2) is 50.5 Å². The van der Waals surface area contributed by atoms with Gasteiger partial charge in [-0.3, -0.25) is 13.9 Å². The van der Waals surface area contributed by atoms with E-state index in [0.717, 1.165) is 39.4 Å². The number of likely N-dealkylation sites (N-methyl/N-ethyl adjacent to an activating group) is 1. The largest absolute Gasteiger partial charge is 0.355 e. The zero-order valence-electron chi connectivity index (χ0n) is 21.2. The summed E-state index contributed by atoms with van der Waals surface area (Å²) in [7, 11) is -3.89. The van der Waals surface area contributed by atoms with Crippen molar-refractivity contribution >= 4 is 27.5 Å². The van der Waals surface area contributed by atoms with Crippen LogP contribution < -0.4 is 9.62 Å². The third-order valence-electron chi connectivity index (χ3n) is 5.85. The first-order valence-electron chi connectivity index (χ1n) is 12.0. The summed E-state index contributed by atoms with van der Waals surface area (Å²) in [6.07, 6.45) is 1.24. The number of carbonyl (C=O) groups excluding carboxylic acids is 2. The van der Waals surface area contributed by atoms with Crippen LogP contribution in [0.2, 0.25) is 0 Å². The van der Waals surface area contributed by atoms with Gasteiger partial charge in [0.2, 0.25) is 21.8 Å². The van der Waals surface area contributed by atoms with Crippen molar-refractivity contribution in [3.05, 3.63) is 101 Å². The first-order valence-corrected chi connectivity index (χ1v) is 13.8. The van der Waals surface area contributed by atoms with E-state index in [4.69, 9.17) is 0 Å². The van der Waals surface area contributed by atoms with Crippen molar-refractivity contribution < 1.29 is 22.4 Å². The molecule has 0 saturated carbocycles. The molecule has 0 saturated heterocycles. The molecule has 1 atom stereocenters. The quantitative estimate of drug-likeness (QED) is 0.414. The van der Waals surface area contributed by atoms with E-state index in [1.807, 2.05) is 61.5 Å². The van der Waals surface area contributed by atoms with Gasteiger partial charge in [-0.1, -0.05) is 60.2 Å². The normalized spacial score (nSPS) is 12.0. The fourth-order valence-corrected chi connectivity index (χ4v) is 4.92. The van der Waals surface area contributed by atoms with Gasteiger partial charge in [-0.25, -0.2) is 12.8 Å². The number of aryl methyl sites for hydroxylation is 1. The van der Waals surface area contributed by atoms with Crippen molar-refractivity contribution in [2.24, 2.45) is 0 Å². The summed E-state index contributed by atoms with van der Waals surface area (Å²) in [6.45, 7) is 3.67. The highest BCUT2D eigenvalue weighted by Crippen LogP contribution is 2.21. The van der Waals surface area contributed by atoms with Crippen molar-refractivity contribution in [3.8, 4) is 0 Å². The van der Waals surface area contributed by atoms with E-state index in [1.165, 1.54) is 17.0 Å². The number of halogens is 1. The van der Waals surface area contributed by atoms with E-state index in [2.05, 4.69) is 5.32 Å². The van der Waals surface area contributed by atoms with E-state index < -0.39 is 34.3 Å². The number of anilines is 1. The predicted octanol–water partition coefficient (Wildman–Crippen LogP) is 3.68. The molecule has 2 amide bonds. The second-order valence-corrected chi connectivity index (χ2v) is 10.8. The Balaban J connectivity index is 2.03. The van der Waals surface area contributed by atoms with Crippen molar-refractivity contribution in [1.82, 2.24) is 10.2 Å². The van der Waals surface area contributed by atoms with Crippen LogP contribution in [-0.2, 0) is 32.6 Å². The molecule has 1 N–H and O–H groups in total. The summed E-state index contributed by atoms with van der Waals surface area (Å²) in [5.74, 6) is -1.41. The molecule has 3 aromatic rings. The van der Waals surface area contributed by atoms with Gasteiger partial charge < -0.3 is 10.2 Å². The molecule has 0 aliphatic heterocycles. The molecule has 196 valence electrons. The minimum absolute atomic E-state index is 0.107. The van der Waals surface area contributed by atoms with Crippen LogP contribution in [0.1, 0.15) is 23.6 Å². The Morgan fingerprint density at radius 2 is 1.59 bits per heavy atom. The van der Waals surface area contributed by atoms with E-state index in [1.54, 1.807) is 6.92 Å². The molecule has 3 rings (SSSR count). The number of sulfonamides is 1. The highest BCUT2D eigenvalue weighted by molar-refractivity contribution is 7.92. The number of benzene rings is 3. The fourth-order valence-electron chi connectivity index (χ4n) is 4.07. The predicted molar refractivity (Wildman–Crippen MR) is 143 cm³/mol. The SMILES string of the molecule is CCNC(=O)[C@H](Cc1ccccc1)N(Cc1cccc(C)c1)C(=O)CN(c1ccc(F)cc1)S(C)(=O)=O. The Kier molecular flexibility index (Phi) is 9.41. The maximum Gasteiger partial charge on any atom is 0.244 e. The molecule has 0 bridgehead atoms. The molecule has 0 spiro atoms. The van der Waals surface area contributed by atoms with Crippen molar-refractivity contribution in [3.63, 3.8) is 0 Å². The highest BCUT2D eigenvalue weighted by Gasteiger charge is 2.32. The lowest BCUT2D eigenvalue weighted by Gasteiger charge is -2.33. The minimum Gasteiger partial charge on any atom is -0.355 e. The monoisotopic (exact) mass is 525 g/mol. The molecule has 0 aliphatic rings. The molecule has 7 nitrogen and oxygen atoms in total. The van der Waals surface area contributed by atoms with Crippen LogP contribution in [0.5, 0.6) is 0 Å². The maximum atomic E-state index is 13.8. The van der Waals surface area contributed by atoms with Crippen molar-refractivity contribution in [1.29, 1.82) is 0 Å². The zero-order valence-corrected chi connectivity index (χ0v) is 22.0. The van der Waals surface area contributed by atoms with Gasteiger partial charge in [0.25, 0.3) is 0 Å². The Hall–Kier alpha value is -3.72. The maximum absolute atomic E-state index is 13.8. The topological polar surface area (TPSA) is 86.8 Å². The first-order chi connectivity index (χ1) is 17.6. The lowest BCUT2D eigenvalue weighted by atomic mass is 10.0. The van der Waals surface area contributed by atoms with E-state index in [9.17, 15) is 22.4 Å². The van der Waals surface area contributed by atoms with Gasteiger partial charge in [0, 0.05) is 19.5 Å². The number of hydrogen-bond acceptors (Lipinski definition) is 4. The molecular weight excluding hydrogens is 493 g/mol. The van der Waals surface area contributed by atoms with Gasteiger partial charge in [-0.05, 0) is 49.2 Å². The molecule has 0 aliphatic carbocycles. The Bertz CT molecular complexity index is 1310. The van der Waals surface area contributed by atoms with Crippen LogP contribution >= 0.6 is 0 Å². The molecule has 37 heavy (non-hydrogen) atoms. The summed E-state index contributed by atoms with van der Waals surface area (Å²) in [5, 5.41) is 2.81. The summed E-state index contributed by atoms with van der Waals surface area (Å²) in [4.78, 5) is 28.5.